The second kappa shape index (κ2) is 7.59. The predicted octanol–water partition coefficient (Wildman–Crippen LogP) is 2.06. The van der Waals surface area contributed by atoms with Crippen LogP contribution in [-0.2, 0) is 19.9 Å². The smallest absolute Gasteiger partial charge is 0.271 e. The Hall–Kier alpha value is -2.74. The van der Waals surface area contributed by atoms with Crippen LogP contribution >= 0.6 is 0 Å². The number of carbonyl (C=O) groups excluding carboxylic acids is 2. The number of imide groups is 1. The molecule has 2 heterocycles. The lowest BCUT2D eigenvalue weighted by atomic mass is 9.78. The standard InChI is InChI=1S/C22H23NO6/c1-14(25)23-17-10-4-3-9-16(17)22(27,21(23)26)19-15-8-2-5-11-18(15)29-20(19)28-13-7-6-12-24/h2-5,8-11,19-20,24,27H,6-7,12-13H2,1H3/t19-,20-,22-/m0/s1. The van der Waals surface area contributed by atoms with Gasteiger partial charge in [-0.25, -0.2) is 4.90 Å². The molecule has 152 valence electrons. The van der Waals surface area contributed by atoms with Crippen LogP contribution in [0.5, 0.6) is 5.75 Å². The van der Waals surface area contributed by atoms with E-state index in [9.17, 15) is 14.7 Å². The topological polar surface area (TPSA) is 96.3 Å². The number of aliphatic hydroxyl groups excluding tert-OH is 1. The molecule has 0 radical (unpaired) electrons. The fraction of sp³-hybridized carbons (Fsp3) is 0.364. The predicted molar refractivity (Wildman–Crippen MR) is 104 cm³/mol. The fourth-order valence-corrected chi connectivity index (χ4v) is 4.15. The SMILES string of the molecule is CC(=O)N1C(=O)[C@@](O)([C@H]2c3ccccc3O[C@@H]2OCCCCO)c2ccccc21. The lowest BCUT2D eigenvalue weighted by molar-refractivity contribution is -0.158. The molecule has 2 aliphatic rings. The highest BCUT2D eigenvalue weighted by molar-refractivity contribution is 6.22. The van der Waals surface area contributed by atoms with Crippen molar-refractivity contribution in [2.45, 2.75) is 37.6 Å². The first-order valence-electron chi connectivity index (χ1n) is 9.65. The first kappa shape index (κ1) is 19.6. The monoisotopic (exact) mass is 397 g/mol. The molecular formula is C22H23NO6. The zero-order valence-electron chi connectivity index (χ0n) is 16.1. The third-order valence-corrected chi connectivity index (χ3v) is 5.45. The molecule has 0 unspecified atom stereocenters. The number of carbonyl (C=O) groups is 2. The molecule has 4 rings (SSSR count). The second-order valence-corrected chi connectivity index (χ2v) is 7.25. The summed E-state index contributed by atoms with van der Waals surface area (Å²) in [6.07, 6.45) is 0.288. The lowest BCUT2D eigenvalue weighted by Crippen LogP contribution is -2.49. The number of ether oxygens (including phenoxy) is 2. The minimum absolute atomic E-state index is 0.0574. The minimum Gasteiger partial charge on any atom is -0.464 e. The molecule has 0 saturated heterocycles. The van der Waals surface area contributed by atoms with Gasteiger partial charge in [0.25, 0.3) is 5.91 Å². The van der Waals surface area contributed by atoms with E-state index < -0.39 is 29.6 Å². The number of nitrogens with zero attached hydrogens (tertiary/aromatic N) is 1. The van der Waals surface area contributed by atoms with Crippen LogP contribution in [0.3, 0.4) is 0 Å². The average Bonchev–Trinajstić information content (AvgIpc) is 3.19. The van der Waals surface area contributed by atoms with Gasteiger partial charge in [0.05, 0.1) is 18.2 Å². The molecule has 0 bridgehead atoms. The summed E-state index contributed by atoms with van der Waals surface area (Å²) in [5.41, 5.74) is -0.627. The average molecular weight is 397 g/mol. The van der Waals surface area contributed by atoms with E-state index in [2.05, 4.69) is 0 Å². The van der Waals surface area contributed by atoms with Gasteiger partial charge in [-0.05, 0) is 25.0 Å². The van der Waals surface area contributed by atoms with E-state index >= 15 is 0 Å². The highest BCUT2D eigenvalue weighted by atomic mass is 16.7. The van der Waals surface area contributed by atoms with Crippen LogP contribution in [0.2, 0.25) is 0 Å². The molecule has 0 saturated carbocycles. The van der Waals surface area contributed by atoms with Gasteiger partial charge in [0.2, 0.25) is 12.2 Å². The van der Waals surface area contributed by atoms with Crippen molar-refractivity contribution in [2.75, 3.05) is 18.1 Å². The van der Waals surface area contributed by atoms with Gasteiger partial charge in [-0.1, -0.05) is 36.4 Å². The van der Waals surface area contributed by atoms with E-state index in [-0.39, 0.29) is 6.61 Å². The summed E-state index contributed by atoms with van der Waals surface area (Å²) in [6.45, 7) is 1.66. The summed E-state index contributed by atoms with van der Waals surface area (Å²) >= 11 is 0. The van der Waals surface area contributed by atoms with Crippen LogP contribution in [0.25, 0.3) is 0 Å². The van der Waals surface area contributed by atoms with Crippen molar-refractivity contribution in [3.8, 4) is 5.75 Å². The van der Waals surface area contributed by atoms with Crippen molar-refractivity contribution in [1.29, 1.82) is 0 Å². The third-order valence-electron chi connectivity index (χ3n) is 5.45. The molecule has 2 aliphatic heterocycles. The molecule has 7 nitrogen and oxygen atoms in total. The third kappa shape index (κ3) is 3.02. The zero-order valence-corrected chi connectivity index (χ0v) is 16.1. The molecule has 2 aromatic carbocycles. The number of fused-ring (bicyclic) bond motifs is 2. The molecule has 3 atom stereocenters. The number of rotatable bonds is 6. The van der Waals surface area contributed by atoms with Crippen molar-refractivity contribution in [3.63, 3.8) is 0 Å². The maximum Gasteiger partial charge on any atom is 0.271 e. The van der Waals surface area contributed by atoms with Gasteiger partial charge < -0.3 is 19.7 Å². The molecule has 2 aromatic rings. The lowest BCUT2D eigenvalue weighted by Gasteiger charge is -2.32. The van der Waals surface area contributed by atoms with Crippen LogP contribution in [-0.4, -0.2) is 41.5 Å². The molecule has 2 amide bonds. The van der Waals surface area contributed by atoms with Gasteiger partial charge in [0.15, 0.2) is 5.60 Å². The first-order chi connectivity index (χ1) is 14.0. The maximum atomic E-state index is 13.4. The zero-order chi connectivity index (χ0) is 20.6. The quantitative estimate of drug-likeness (QED) is 0.725. The molecule has 2 N–H and O–H groups in total. The van der Waals surface area contributed by atoms with E-state index in [0.29, 0.717) is 42.0 Å². The summed E-state index contributed by atoms with van der Waals surface area (Å²) in [6, 6.07) is 13.9. The van der Waals surface area contributed by atoms with Crippen molar-refractivity contribution in [2.24, 2.45) is 0 Å². The van der Waals surface area contributed by atoms with Gasteiger partial charge in [-0.15, -0.1) is 0 Å². The Morgan fingerprint density at radius 1 is 1.17 bits per heavy atom. The van der Waals surface area contributed by atoms with Crippen LogP contribution in [0.15, 0.2) is 48.5 Å². The Morgan fingerprint density at radius 2 is 1.90 bits per heavy atom. The van der Waals surface area contributed by atoms with Crippen molar-refractivity contribution in [3.05, 3.63) is 59.7 Å². The molecule has 0 spiro atoms. The number of hydrogen-bond donors (Lipinski definition) is 2. The molecule has 29 heavy (non-hydrogen) atoms. The van der Waals surface area contributed by atoms with Crippen LogP contribution in [0, 0.1) is 0 Å². The van der Waals surface area contributed by atoms with Gasteiger partial charge in [-0.2, -0.15) is 0 Å². The first-order valence-corrected chi connectivity index (χ1v) is 9.65. The normalized spacial score (nSPS) is 24.9. The fourth-order valence-electron chi connectivity index (χ4n) is 4.15. The number of anilines is 1. The largest absolute Gasteiger partial charge is 0.464 e. The Kier molecular flexibility index (Phi) is 5.12. The van der Waals surface area contributed by atoms with E-state index in [1.807, 2.05) is 0 Å². The highest BCUT2D eigenvalue weighted by Crippen LogP contribution is 2.54. The minimum atomic E-state index is -2.00. The van der Waals surface area contributed by atoms with Gasteiger partial charge >= 0.3 is 0 Å². The summed E-state index contributed by atoms with van der Waals surface area (Å²) in [7, 11) is 0. The Labute approximate surface area is 168 Å². The number of hydrogen-bond acceptors (Lipinski definition) is 6. The van der Waals surface area contributed by atoms with Gasteiger partial charge in [0.1, 0.15) is 5.75 Å². The number of unbranched alkanes of at least 4 members (excludes halogenated alkanes) is 1. The summed E-state index contributed by atoms with van der Waals surface area (Å²) in [5.74, 6) is -1.48. The molecular weight excluding hydrogens is 374 g/mol. The summed E-state index contributed by atoms with van der Waals surface area (Å²) in [5, 5.41) is 20.8. The Morgan fingerprint density at radius 3 is 2.66 bits per heavy atom. The van der Waals surface area contributed by atoms with Gasteiger partial charge in [-0.3, -0.25) is 9.59 Å². The number of aliphatic hydroxyl groups is 2. The van der Waals surface area contributed by atoms with E-state index in [0.717, 1.165) is 4.90 Å². The molecule has 7 heteroatoms. The Balaban J connectivity index is 1.79. The van der Waals surface area contributed by atoms with Gasteiger partial charge in [0, 0.05) is 24.7 Å². The number of para-hydroxylation sites is 2. The van der Waals surface area contributed by atoms with Crippen LogP contribution < -0.4 is 9.64 Å². The van der Waals surface area contributed by atoms with Crippen molar-refractivity contribution < 1.29 is 29.3 Å². The van der Waals surface area contributed by atoms with Crippen LogP contribution in [0.4, 0.5) is 5.69 Å². The highest BCUT2D eigenvalue weighted by Gasteiger charge is 2.61. The second-order valence-electron chi connectivity index (χ2n) is 7.25. The van der Waals surface area contributed by atoms with E-state index in [1.165, 1.54) is 6.92 Å². The van der Waals surface area contributed by atoms with Crippen molar-refractivity contribution in [1.82, 2.24) is 0 Å². The maximum absolute atomic E-state index is 13.4. The molecule has 0 fully saturated rings. The number of amides is 2. The van der Waals surface area contributed by atoms with E-state index in [1.54, 1.807) is 48.5 Å². The molecule has 0 aliphatic carbocycles. The van der Waals surface area contributed by atoms with Crippen LogP contribution in [0.1, 0.15) is 36.8 Å². The Bertz CT molecular complexity index is 944. The summed E-state index contributed by atoms with van der Waals surface area (Å²) in [4.78, 5) is 26.6. The summed E-state index contributed by atoms with van der Waals surface area (Å²) < 4.78 is 11.8. The van der Waals surface area contributed by atoms with E-state index in [4.69, 9.17) is 14.6 Å². The number of benzene rings is 2. The van der Waals surface area contributed by atoms with Crippen molar-refractivity contribution >= 4 is 17.5 Å². The molecule has 0 aromatic heterocycles.